The molecule has 0 bridgehead atoms. The fourth-order valence-electron chi connectivity index (χ4n) is 7.64. The van der Waals surface area contributed by atoms with Gasteiger partial charge in [0.15, 0.2) is 23.1 Å². The van der Waals surface area contributed by atoms with E-state index in [0.29, 0.717) is 23.1 Å². The number of nitrogens with zero attached hydrogens (tertiary/aromatic N) is 5. The minimum absolute atomic E-state index is 0.538. The molecule has 0 N–H and O–H groups in total. The van der Waals surface area contributed by atoms with Crippen molar-refractivity contribution in [3.8, 4) is 39.9 Å². The molecule has 0 aliphatic rings. The van der Waals surface area contributed by atoms with Crippen LogP contribution in [-0.2, 0) is 0 Å². The Morgan fingerprint density at radius 2 is 1.15 bits per heavy atom. The van der Waals surface area contributed by atoms with Crippen LogP contribution in [0.1, 0.15) is 0 Å². The van der Waals surface area contributed by atoms with E-state index in [-0.39, 0.29) is 0 Å². The Balaban J connectivity index is 1.11. The number of pyridine rings is 1. The quantitative estimate of drug-likeness (QED) is 0.187. The van der Waals surface area contributed by atoms with Crippen molar-refractivity contribution in [2.75, 3.05) is 0 Å². The van der Waals surface area contributed by atoms with E-state index in [1.807, 2.05) is 36.4 Å². The Kier molecular flexibility index (Phi) is 6.15. The number of para-hydroxylation sites is 2. The highest BCUT2D eigenvalue weighted by Crippen LogP contribution is 2.38. The number of benzene rings is 7. The van der Waals surface area contributed by atoms with Gasteiger partial charge in [-0.15, -0.1) is 0 Å². The summed E-state index contributed by atoms with van der Waals surface area (Å²) in [6.07, 6.45) is 1.79. The highest BCUT2D eigenvalue weighted by atomic mass is 16.3. The maximum atomic E-state index is 6.38. The van der Waals surface area contributed by atoms with E-state index < -0.39 is 0 Å². The fourth-order valence-corrected chi connectivity index (χ4v) is 7.64. The molecule has 0 fully saturated rings. The van der Waals surface area contributed by atoms with Crippen LogP contribution in [0.4, 0.5) is 0 Å². The van der Waals surface area contributed by atoms with E-state index in [1.54, 1.807) is 6.20 Å². The number of rotatable bonds is 4. The summed E-state index contributed by atoms with van der Waals surface area (Å²) in [5.74, 6) is 1.71. The van der Waals surface area contributed by atoms with Crippen molar-refractivity contribution in [2.24, 2.45) is 0 Å². The molecule has 4 heterocycles. The van der Waals surface area contributed by atoms with Gasteiger partial charge >= 0.3 is 0 Å². The summed E-state index contributed by atoms with van der Waals surface area (Å²) in [6.45, 7) is 0. The number of furan rings is 1. The highest BCUT2D eigenvalue weighted by molar-refractivity contribution is 6.18. The molecule has 7 aromatic carbocycles. The maximum Gasteiger partial charge on any atom is 0.167 e. The Labute approximate surface area is 297 Å². The van der Waals surface area contributed by atoms with Crippen LogP contribution in [0.25, 0.3) is 105 Å². The fraction of sp³-hybridized carbons (Fsp3) is 0. The predicted octanol–water partition coefficient (Wildman–Crippen LogP) is 11.6. The van der Waals surface area contributed by atoms with Gasteiger partial charge in [0.2, 0.25) is 0 Å². The van der Waals surface area contributed by atoms with Gasteiger partial charge in [0, 0.05) is 44.6 Å². The average Bonchev–Trinajstić information content (AvgIpc) is 3.77. The molecule has 52 heavy (non-hydrogen) atoms. The van der Waals surface area contributed by atoms with E-state index in [0.717, 1.165) is 55.2 Å². The molecule has 0 spiro atoms. The standard InChI is InChI=1S/C46H27N5O/c1-2-11-31-27-32(19-18-28(31)9-1)45-48-44(49-46(50-45)38-15-7-14-37-41-40(52-43(37)38)17-8-26-47-41)30-20-23-33(24-21-30)51-39-16-6-5-13-35(39)36-25-22-29-10-3-4-12-34(29)42(36)51/h1-27H. The van der Waals surface area contributed by atoms with Crippen LogP contribution >= 0.6 is 0 Å². The molecule has 242 valence electrons. The normalized spacial score (nSPS) is 11.8. The Hall–Kier alpha value is -7.18. The van der Waals surface area contributed by atoms with Crippen LogP contribution in [0.2, 0.25) is 0 Å². The Bertz CT molecular complexity index is 3190. The van der Waals surface area contributed by atoms with Crippen molar-refractivity contribution in [1.29, 1.82) is 0 Å². The molecule has 0 aliphatic heterocycles. The van der Waals surface area contributed by atoms with Gasteiger partial charge < -0.3 is 8.98 Å². The second-order valence-corrected chi connectivity index (χ2v) is 13.1. The van der Waals surface area contributed by atoms with E-state index in [9.17, 15) is 0 Å². The number of hydrogen-bond acceptors (Lipinski definition) is 5. The summed E-state index contributed by atoms with van der Waals surface area (Å²) in [6, 6.07) is 54.7. The van der Waals surface area contributed by atoms with Crippen molar-refractivity contribution < 1.29 is 4.42 Å². The van der Waals surface area contributed by atoms with Crippen molar-refractivity contribution in [3.05, 3.63) is 164 Å². The van der Waals surface area contributed by atoms with Crippen LogP contribution in [0, 0.1) is 0 Å². The summed E-state index contributed by atoms with van der Waals surface area (Å²) in [7, 11) is 0. The van der Waals surface area contributed by atoms with Gasteiger partial charge in [-0.25, -0.2) is 15.0 Å². The van der Waals surface area contributed by atoms with Crippen molar-refractivity contribution in [1.82, 2.24) is 24.5 Å². The first-order valence-corrected chi connectivity index (χ1v) is 17.3. The van der Waals surface area contributed by atoms with Crippen molar-refractivity contribution in [2.45, 2.75) is 0 Å². The third-order valence-corrected chi connectivity index (χ3v) is 10.1. The molecule has 11 rings (SSSR count). The topological polar surface area (TPSA) is 69.6 Å². The SMILES string of the molecule is c1ccc2cc(-c3nc(-c4ccc(-n5c6ccccc6c6ccc7ccccc7c65)cc4)nc(-c4cccc5c4oc4cccnc45)n3)ccc2c1. The first kappa shape index (κ1) is 28.6. The Morgan fingerprint density at radius 3 is 2.04 bits per heavy atom. The zero-order valence-corrected chi connectivity index (χ0v) is 27.7. The molecular formula is C46H27N5O. The van der Waals surface area contributed by atoms with E-state index in [4.69, 9.17) is 19.4 Å². The summed E-state index contributed by atoms with van der Waals surface area (Å²) in [5, 5.41) is 8.10. The van der Waals surface area contributed by atoms with Crippen LogP contribution in [0.5, 0.6) is 0 Å². The van der Waals surface area contributed by atoms with E-state index in [1.165, 1.54) is 27.1 Å². The maximum absolute atomic E-state index is 6.38. The molecule has 0 saturated carbocycles. The zero-order valence-electron chi connectivity index (χ0n) is 27.7. The molecule has 0 saturated heterocycles. The third-order valence-electron chi connectivity index (χ3n) is 10.1. The predicted molar refractivity (Wildman–Crippen MR) is 211 cm³/mol. The number of aromatic nitrogens is 5. The van der Waals surface area contributed by atoms with Gasteiger partial charge in [-0.3, -0.25) is 4.98 Å². The van der Waals surface area contributed by atoms with Gasteiger partial charge in [0.05, 0.1) is 16.6 Å². The van der Waals surface area contributed by atoms with Crippen LogP contribution in [0.3, 0.4) is 0 Å². The molecule has 6 nitrogen and oxygen atoms in total. The van der Waals surface area contributed by atoms with Crippen molar-refractivity contribution in [3.63, 3.8) is 0 Å². The van der Waals surface area contributed by atoms with E-state index in [2.05, 4.69) is 131 Å². The zero-order chi connectivity index (χ0) is 34.2. The first-order valence-electron chi connectivity index (χ1n) is 17.3. The second kappa shape index (κ2) is 11.2. The van der Waals surface area contributed by atoms with Crippen LogP contribution in [0.15, 0.2) is 168 Å². The Morgan fingerprint density at radius 1 is 0.462 bits per heavy atom. The molecule has 0 aliphatic carbocycles. The largest absolute Gasteiger partial charge is 0.454 e. The molecule has 0 atom stereocenters. The van der Waals surface area contributed by atoms with E-state index >= 15 is 0 Å². The lowest BCUT2D eigenvalue weighted by atomic mass is 10.1. The van der Waals surface area contributed by atoms with Gasteiger partial charge in [-0.1, -0.05) is 97.1 Å². The molecule has 0 amide bonds. The molecule has 0 radical (unpaired) electrons. The molecule has 0 unspecified atom stereocenters. The smallest absolute Gasteiger partial charge is 0.167 e. The third kappa shape index (κ3) is 4.38. The van der Waals surface area contributed by atoms with Crippen LogP contribution < -0.4 is 0 Å². The van der Waals surface area contributed by atoms with Gasteiger partial charge in [-0.2, -0.15) is 0 Å². The monoisotopic (exact) mass is 665 g/mol. The lowest BCUT2D eigenvalue weighted by Crippen LogP contribution is -2.01. The minimum Gasteiger partial charge on any atom is -0.454 e. The minimum atomic E-state index is 0.538. The summed E-state index contributed by atoms with van der Waals surface area (Å²) < 4.78 is 8.75. The molecule has 11 aromatic rings. The van der Waals surface area contributed by atoms with Gasteiger partial charge in [0.25, 0.3) is 0 Å². The number of fused-ring (bicyclic) bond motifs is 9. The molecular weight excluding hydrogens is 639 g/mol. The summed E-state index contributed by atoms with van der Waals surface area (Å²) in [5.41, 5.74) is 8.25. The number of hydrogen-bond donors (Lipinski definition) is 0. The lowest BCUT2D eigenvalue weighted by molar-refractivity contribution is 0.668. The lowest BCUT2D eigenvalue weighted by Gasteiger charge is -2.12. The molecule has 6 heteroatoms. The van der Waals surface area contributed by atoms with Crippen molar-refractivity contribution >= 4 is 65.4 Å². The van der Waals surface area contributed by atoms with Crippen LogP contribution in [-0.4, -0.2) is 24.5 Å². The average molecular weight is 666 g/mol. The first-order chi connectivity index (χ1) is 25.8. The van der Waals surface area contributed by atoms with Gasteiger partial charge in [-0.05, 0) is 76.8 Å². The summed E-state index contributed by atoms with van der Waals surface area (Å²) >= 11 is 0. The molecule has 4 aromatic heterocycles. The van der Waals surface area contributed by atoms with Gasteiger partial charge in [0.1, 0.15) is 11.1 Å². The summed E-state index contributed by atoms with van der Waals surface area (Å²) in [4.78, 5) is 19.9. The second-order valence-electron chi connectivity index (χ2n) is 13.1. The highest BCUT2D eigenvalue weighted by Gasteiger charge is 2.19.